The van der Waals surface area contributed by atoms with Gasteiger partial charge in [0.2, 0.25) is 0 Å². The van der Waals surface area contributed by atoms with Crippen molar-refractivity contribution < 1.29 is 4.79 Å². The number of amides is 1. The first-order valence-corrected chi connectivity index (χ1v) is 11.2. The van der Waals surface area contributed by atoms with Gasteiger partial charge in [-0.15, -0.1) is 11.3 Å². The largest absolute Gasteiger partial charge is 0.339 e. The Morgan fingerprint density at radius 3 is 2.67 bits per heavy atom. The third-order valence-electron chi connectivity index (χ3n) is 5.83. The number of likely N-dealkylation sites (tertiary alicyclic amines) is 1. The van der Waals surface area contributed by atoms with Crippen LogP contribution in [0.15, 0.2) is 23.7 Å². The van der Waals surface area contributed by atoms with Crippen LogP contribution in [0.25, 0.3) is 0 Å². The van der Waals surface area contributed by atoms with Crippen LogP contribution in [0.3, 0.4) is 0 Å². The van der Waals surface area contributed by atoms with E-state index < -0.39 is 0 Å². The number of nitrogens with zero attached hydrogens (tertiary/aromatic N) is 3. The molecule has 0 aromatic carbocycles. The van der Waals surface area contributed by atoms with Crippen LogP contribution >= 0.6 is 11.3 Å². The van der Waals surface area contributed by atoms with Crippen LogP contribution in [0, 0.1) is 0 Å². The van der Waals surface area contributed by atoms with E-state index in [0.29, 0.717) is 0 Å². The number of aromatic nitrogens is 1. The topological polar surface area (TPSA) is 36.4 Å². The molecule has 4 rings (SSSR count). The second-order valence-electron chi connectivity index (χ2n) is 7.73. The molecule has 2 aromatic rings. The third-order valence-corrected chi connectivity index (χ3v) is 6.84. The summed E-state index contributed by atoms with van der Waals surface area (Å²) < 4.78 is 0. The van der Waals surface area contributed by atoms with Gasteiger partial charge >= 0.3 is 0 Å². The predicted molar refractivity (Wildman–Crippen MR) is 110 cm³/mol. The first-order valence-electron chi connectivity index (χ1n) is 10.3. The Kier molecular flexibility index (Phi) is 5.89. The minimum Gasteiger partial charge on any atom is -0.339 e. The molecule has 0 aliphatic carbocycles. The van der Waals surface area contributed by atoms with Crippen molar-refractivity contribution >= 4 is 17.2 Å². The van der Waals surface area contributed by atoms with Gasteiger partial charge < -0.3 is 4.90 Å². The molecule has 1 amide bonds. The number of carbonyl (C=O) groups excluding carboxylic acids is 1. The standard InChI is InChI=1S/C22H29N3OS/c1-2-17-7-8-18(23-13-17)14-24-12-9-19-20(16-27-21(19)15-24)22(26)25-10-5-3-4-6-11-25/h7-8,13,16H,2-6,9-12,14-15H2,1H3. The SMILES string of the molecule is CCc1ccc(CN2CCc3c(C(=O)N4CCCCCC4)csc3C2)nc1. The zero-order valence-corrected chi connectivity index (χ0v) is 17.1. The summed E-state index contributed by atoms with van der Waals surface area (Å²) in [6.45, 7) is 6.83. The maximum Gasteiger partial charge on any atom is 0.254 e. The lowest BCUT2D eigenvalue weighted by Gasteiger charge is -2.27. The van der Waals surface area contributed by atoms with Gasteiger partial charge in [0.15, 0.2) is 0 Å². The molecular weight excluding hydrogens is 354 g/mol. The maximum absolute atomic E-state index is 13.0. The van der Waals surface area contributed by atoms with Crippen molar-refractivity contribution in [3.8, 4) is 0 Å². The van der Waals surface area contributed by atoms with Crippen LogP contribution in [-0.4, -0.2) is 40.3 Å². The highest BCUT2D eigenvalue weighted by Gasteiger charge is 2.26. The summed E-state index contributed by atoms with van der Waals surface area (Å²) in [5, 5.41) is 2.11. The zero-order valence-electron chi connectivity index (χ0n) is 16.2. The average molecular weight is 384 g/mol. The molecule has 4 heterocycles. The van der Waals surface area contributed by atoms with E-state index in [0.717, 1.165) is 69.7 Å². The molecule has 144 valence electrons. The fourth-order valence-electron chi connectivity index (χ4n) is 4.13. The van der Waals surface area contributed by atoms with Gasteiger partial charge in [0.05, 0.1) is 11.3 Å². The Morgan fingerprint density at radius 1 is 1.15 bits per heavy atom. The van der Waals surface area contributed by atoms with Crippen molar-refractivity contribution in [3.63, 3.8) is 0 Å². The molecule has 0 bridgehead atoms. The zero-order chi connectivity index (χ0) is 18.6. The highest BCUT2D eigenvalue weighted by atomic mass is 32.1. The monoisotopic (exact) mass is 383 g/mol. The lowest BCUT2D eigenvalue weighted by Crippen LogP contribution is -2.34. The maximum atomic E-state index is 13.0. The van der Waals surface area contributed by atoms with Crippen LogP contribution in [0.1, 0.15) is 64.7 Å². The van der Waals surface area contributed by atoms with Crippen molar-refractivity contribution in [2.24, 2.45) is 0 Å². The smallest absolute Gasteiger partial charge is 0.254 e. The summed E-state index contributed by atoms with van der Waals surface area (Å²) in [6.07, 6.45) is 8.81. The number of pyridine rings is 1. The molecule has 0 radical (unpaired) electrons. The Balaban J connectivity index is 1.42. The number of fused-ring (bicyclic) bond motifs is 1. The Labute approximate surface area is 166 Å². The summed E-state index contributed by atoms with van der Waals surface area (Å²) in [5.41, 5.74) is 4.70. The summed E-state index contributed by atoms with van der Waals surface area (Å²) in [7, 11) is 0. The molecule has 1 saturated heterocycles. The predicted octanol–water partition coefficient (Wildman–Crippen LogP) is 4.28. The van der Waals surface area contributed by atoms with Crippen LogP contribution in [-0.2, 0) is 25.9 Å². The quantitative estimate of drug-likeness (QED) is 0.791. The van der Waals surface area contributed by atoms with Gasteiger partial charge in [0.1, 0.15) is 0 Å². The number of rotatable bonds is 4. The van der Waals surface area contributed by atoms with Crippen LogP contribution < -0.4 is 0 Å². The van der Waals surface area contributed by atoms with Crippen LogP contribution in [0.2, 0.25) is 0 Å². The lowest BCUT2D eigenvalue weighted by molar-refractivity contribution is 0.0760. The minimum absolute atomic E-state index is 0.264. The van der Waals surface area contributed by atoms with Crippen LogP contribution in [0.5, 0.6) is 0 Å². The Bertz CT molecular complexity index is 775. The van der Waals surface area contributed by atoms with Gasteiger partial charge in [-0.05, 0) is 42.9 Å². The number of hydrogen-bond donors (Lipinski definition) is 0. The van der Waals surface area contributed by atoms with Gasteiger partial charge in [0.25, 0.3) is 5.91 Å². The molecule has 4 nitrogen and oxygen atoms in total. The summed E-state index contributed by atoms with van der Waals surface area (Å²) in [4.78, 5) is 23.5. The first-order chi connectivity index (χ1) is 13.2. The normalized spacial score (nSPS) is 18.2. The van der Waals surface area contributed by atoms with E-state index in [-0.39, 0.29) is 5.91 Å². The number of hydrogen-bond acceptors (Lipinski definition) is 4. The van der Waals surface area contributed by atoms with Crippen molar-refractivity contribution in [1.29, 1.82) is 0 Å². The van der Waals surface area contributed by atoms with E-state index in [9.17, 15) is 4.79 Å². The van der Waals surface area contributed by atoms with Crippen molar-refractivity contribution in [3.05, 3.63) is 51.0 Å². The lowest BCUT2D eigenvalue weighted by atomic mass is 10.0. The molecular formula is C22H29N3OS. The molecule has 2 aliphatic rings. The summed E-state index contributed by atoms with van der Waals surface area (Å²) in [5.74, 6) is 0.264. The second kappa shape index (κ2) is 8.53. The molecule has 5 heteroatoms. The van der Waals surface area contributed by atoms with Gasteiger partial charge in [0, 0.05) is 49.2 Å². The number of carbonyl (C=O) groups is 1. The van der Waals surface area contributed by atoms with Crippen LogP contribution in [0.4, 0.5) is 0 Å². The molecule has 27 heavy (non-hydrogen) atoms. The van der Waals surface area contributed by atoms with Gasteiger partial charge in [-0.25, -0.2) is 0 Å². The highest BCUT2D eigenvalue weighted by Crippen LogP contribution is 2.30. The highest BCUT2D eigenvalue weighted by molar-refractivity contribution is 7.10. The third kappa shape index (κ3) is 4.25. The Morgan fingerprint density at radius 2 is 1.96 bits per heavy atom. The van der Waals surface area contributed by atoms with E-state index in [1.165, 1.54) is 28.8 Å². The van der Waals surface area contributed by atoms with E-state index >= 15 is 0 Å². The number of thiophene rings is 1. The molecule has 0 spiro atoms. The fourth-order valence-corrected chi connectivity index (χ4v) is 5.24. The number of aryl methyl sites for hydroxylation is 1. The molecule has 0 saturated carbocycles. The van der Waals surface area contributed by atoms with Crippen molar-refractivity contribution in [1.82, 2.24) is 14.8 Å². The van der Waals surface area contributed by atoms with Crippen molar-refractivity contribution in [2.45, 2.75) is 58.5 Å². The summed E-state index contributed by atoms with van der Waals surface area (Å²) >= 11 is 1.76. The van der Waals surface area contributed by atoms with Gasteiger partial charge in [-0.3, -0.25) is 14.7 Å². The molecule has 0 N–H and O–H groups in total. The second-order valence-corrected chi connectivity index (χ2v) is 8.69. The molecule has 2 aliphatic heterocycles. The van der Waals surface area contributed by atoms with E-state index in [1.807, 2.05) is 6.20 Å². The van der Waals surface area contributed by atoms with Gasteiger partial charge in [-0.2, -0.15) is 0 Å². The minimum atomic E-state index is 0.264. The first kappa shape index (κ1) is 18.6. The van der Waals surface area contributed by atoms with Crippen molar-refractivity contribution in [2.75, 3.05) is 19.6 Å². The summed E-state index contributed by atoms with van der Waals surface area (Å²) in [6, 6.07) is 4.33. The molecule has 2 aromatic heterocycles. The average Bonchev–Trinajstić information content (AvgIpc) is 2.93. The fraction of sp³-hybridized carbons (Fsp3) is 0.545. The molecule has 0 unspecified atom stereocenters. The van der Waals surface area contributed by atoms with E-state index in [1.54, 1.807) is 11.3 Å². The van der Waals surface area contributed by atoms with Gasteiger partial charge in [-0.1, -0.05) is 25.8 Å². The molecule has 1 fully saturated rings. The molecule has 0 atom stereocenters. The Hall–Kier alpha value is -1.72. The van der Waals surface area contributed by atoms with E-state index in [2.05, 4.69) is 39.2 Å². The van der Waals surface area contributed by atoms with E-state index in [4.69, 9.17) is 0 Å².